The van der Waals surface area contributed by atoms with Crippen LogP contribution in [0.15, 0.2) is 59.8 Å². The highest BCUT2D eigenvalue weighted by molar-refractivity contribution is 8.00. The summed E-state index contributed by atoms with van der Waals surface area (Å²) in [5.74, 6) is -2.78. The molecule has 0 bridgehead atoms. The number of rotatable bonds is 7. The van der Waals surface area contributed by atoms with E-state index < -0.39 is 23.0 Å². The van der Waals surface area contributed by atoms with E-state index >= 15 is 4.39 Å². The summed E-state index contributed by atoms with van der Waals surface area (Å²) < 4.78 is 32.6. The zero-order chi connectivity index (χ0) is 22.7. The molecule has 0 aliphatic heterocycles. The molecule has 0 atom stereocenters. The molecule has 0 aliphatic carbocycles. The van der Waals surface area contributed by atoms with Gasteiger partial charge in [0.1, 0.15) is 17.5 Å². The van der Waals surface area contributed by atoms with Crippen molar-refractivity contribution >= 4 is 34.5 Å². The maximum Gasteiger partial charge on any atom is 0.201 e. The van der Waals surface area contributed by atoms with Crippen molar-refractivity contribution in [2.75, 3.05) is 4.72 Å². The van der Waals surface area contributed by atoms with Crippen LogP contribution in [0.25, 0.3) is 11.0 Å². The lowest BCUT2D eigenvalue weighted by Gasteiger charge is -2.11. The van der Waals surface area contributed by atoms with Gasteiger partial charge in [0.25, 0.3) is 0 Å². The van der Waals surface area contributed by atoms with Crippen molar-refractivity contribution in [1.29, 1.82) is 5.26 Å². The van der Waals surface area contributed by atoms with Crippen LogP contribution in [-0.2, 0) is 6.42 Å². The Morgan fingerprint density at radius 3 is 2.72 bits per heavy atom. The smallest absolute Gasteiger partial charge is 0.201 e. The maximum absolute atomic E-state index is 15.2. The third-order valence-corrected chi connectivity index (χ3v) is 5.79. The second-order valence-corrected chi connectivity index (χ2v) is 8.03. The van der Waals surface area contributed by atoms with E-state index in [2.05, 4.69) is 21.6 Å². The number of anilines is 1. The minimum absolute atomic E-state index is 0.00642. The lowest BCUT2D eigenvalue weighted by atomic mass is 10.0. The third kappa shape index (κ3) is 4.20. The SMILES string of the molecule is CCCc1ccc(SNc2ccc(F)c(C(=O)c3c[nH]c4ncc(C#N)cc34)c2F)cc1. The van der Waals surface area contributed by atoms with Crippen LogP contribution in [0.3, 0.4) is 0 Å². The number of aromatic amines is 1. The average Bonchev–Trinajstić information content (AvgIpc) is 3.23. The van der Waals surface area contributed by atoms with Gasteiger partial charge in [0.05, 0.1) is 16.8 Å². The van der Waals surface area contributed by atoms with E-state index in [0.29, 0.717) is 11.0 Å². The van der Waals surface area contributed by atoms with Crippen LogP contribution in [0.5, 0.6) is 0 Å². The maximum atomic E-state index is 15.2. The van der Waals surface area contributed by atoms with E-state index in [1.54, 1.807) is 0 Å². The number of H-pyrrole nitrogens is 1. The molecule has 2 aromatic heterocycles. The first-order chi connectivity index (χ1) is 15.5. The molecule has 8 heteroatoms. The molecule has 0 saturated heterocycles. The summed E-state index contributed by atoms with van der Waals surface area (Å²) in [6.45, 7) is 2.11. The van der Waals surface area contributed by atoms with Crippen molar-refractivity contribution in [3.63, 3.8) is 0 Å². The fourth-order valence-electron chi connectivity index (χ4n) is 3.35. The van der Waals surface area contributed by atoms with Crippen LogP contribution in [0, 0.1) is 23.0 Å². The summed E-state index contributed by atoms with van der Waals surface area (Å²) in [6.07, 6.45) is 4.72. The average molecular weight is 448 g/mol. The molecule has 4 aromatic rings. The first-order valence-corrected chi connectivity index (χ1v) is 10.7. The summed E-state index contributed by atoms with van der Waals surface area (Å²) in [7, 11) is 0. The Labute approximate surface area is 187 Å². The van der Waals surface area contributed by atoms with Crippen LogP contribution in [0.2, 0.25) is 0 Å². The molecule has 0 amide bonds. The molecule has 0 unspecified atom stereocenters. The minimum atomic E-state index is -0.983. The predicted molar refractivity (Wildman–Crippen MR) is 121 cm³/mol. The van der Waals surface area contributed by atoms with Crippen molar-refractivity contribution in [2.45, 2.75) is 24.7 Å². The minimum Gasteiger partial charge on any atom is -0.345 e. The van der Waals surface area contributed by atoms with E-state index in [0.717, 1.165) is 23.8 Å². The van der Waals surface area contributed by atoms with E-state index in [9.17, 15) is 9.18 Å². The highest BCUT2D eigenvalue weighted by Crippen LogP contribution is 2.30. The van der Waals surface area contributed by atoms with Gasteiger partial charge in [-0.25, -0.2) is 13.8 Å². The molecule has 0 radical (unpaired) electrons. The van der Waals surface area contributed by atoms with Crippen molar-refractivity contribution in [3.8, 4) is 6.07 Å². The van der Waals surface area contributed by atoms with E-state index in [1.807, 2.05) is 30.3 Å². The topological polar surface area (TPSA) is 81.6 Å². The molecular weight excluding hydrogens is 430 g/mol. The van der Waals surface area contributed by atoms with Gasteiger partial charge in [-0.15, -0.1) is 0 Å². The van der Waals surface area contributed by atoms with Gasteiger partial charge in [0.2, 0.25) is 5.78 Å². The number of carbonyl (C=O) groups is 1. The molecule has 32 heavy (non-hydrogen) atoms. The van der Waals surface area contributed by atoms with E-state index in [-0.39, 0.29) is 16.8 Å². The molecule has 4 rings (SSSR count). The molecule has 2 aromatic carbocycles. The predicted octanol–water partition coefficient (Wildman–Crippen LogP) is 6.02. The Balaban J connectivity index is 1.62. The molecule has 160 valence electrons. The Morgan fingerprint density at radius 2 is 2.00 bits per heavy atom. The fraction of sp³-hybridized carbons (Fsp3) is 0.125. The number of nitriles is 1. The Morgan fingerprint density at radius 1 is 1.22 bits per heavy atom. The van der Waals surface area contributed by atoms with Crippen LogP contribution < -0.4 is 4.72 Å². The zero-order valence-corrected chi connectivity index (χ0v) is 17.9. The quantitative estimate of drug-likeness (QED) is 0.267. The standard InChI is InChI=1S/C24H18F2N4OS/c1-2-3-14-4-6-16(7-5-14)32-30-20-9-8-19(25)21(22(20)26)23(31)18-13-29-24-17(18)10-15(11-27)12-28-24/h4-10,12-13,30H,2-3H2,1H3,(H,28,29). The fourth-order valence-corrected chi connectivity index (χ4v) is 4.01. The lowest BCUT2D eigenvalue weighted by molar-refractivity contribution is 0.103. The highest BCUT2D eigenvalue weighted by Gasteiger charge is 2.24. The van der Waals surface area contributed by atoms with Gasteiger partial charge < -0.3 is 9.71 Å². The monoisotopic (exact) mass is 448 g/mol. The Kier molecular flexibility index (Phi) is 6.19. The third-order valence-electron chi connectivity index (χ3n) is 4.96. The summed E-state index contributed by atoms with van der Waals surface area (Å²) in [5, 5.41) is 9.41. The number of fused-ring (bicyclic) bond motifs is 1. The van der Waals surface area contributed by atoms with Gasteiger partial charge in [0, 0.05) is 28.2 Å². The number of ketones is 1. The van der Waals surface area contributed by atoms with Crippen LogP contribution in [-0.4, -0.2) is 15.8 Å². The van der Waals surface area contributed by atoms with Crippen molar-refractivity contribution in [2.24, 2.45) is 0 Å². The van der Waals surface area contributed by atoms with Crippen molar-refractivity contribution in [3.05, 3.63) is 88.7 Å². The summed E-state index contributed by atoms with van der Waals surface area (Å²) in [4.78, 5) is 20.8. The van der Waals surface area contributed by atoms with Crippen LogP contribution >= 0.6 is 11.9 Å². The molecule has 0 saturated carbocycles. The normalized spacial score (nSPS) is 10.8. The first-order valence-electron chi connectivity index (χ1n) is 9.93. The van der Waals surface area contributed by atoms with Gasteiger partial charge in [0.15, 0.2) is 5.82 Å². The van der Waals surface area contributed by atoms with Crippen LogP contribution in [0.4, 0.5) is 14.5 Å². The van der Waals surface area contributed by atoms with E-state index in [4.69, 9.17) is 5.26 Å². The Bertz CT molecular complexity index is 1340. The molecule has 2 N–H and O–H groups in total. The summed E-state index contributed by atoms with van der Waals surface area (Å²) in [6, 6.07) is 13.6. The molecule has 0 spiro atoms. The summed E-state index contributed by atoms with van der Waals surface area (Å²) in [5.41, 5.74) is 1.17. The number of halogens is 2. The number of pyridine rings is 1. The number of carbonyl (C=O) groups excluding carboxylic acids is 1. The number of aryl methyl sites for hydroxylation is 1. The number of hydrogen-bond donors (Lipinski definition) is 2. The van der Waals surface area contributed by atoms with Gasteiger partial charge >= 0.3 is 0 Å². The lowest BCUT2D eigenvalue weighted by Crippen LogP contribution is -2.09. The van der Waals surface area contributed by atoms with Gasteiger partial charge in [-0.1, -0.05) is 25.5 Å². The number of aromatic nitrogens is 2. The van der Waals surface area contributed by atoms with Crippen molar-refractivity contribution in [1.82, 2.24) is 9.97 Å². The van der Waals surface area contributed by atoms with Gasteiger partial charge in [-0.2, -0.15) is 5.26 Å². The van der Waals surface area contributed by atoms with Crippen LogP contribution in [0.1, 0.15) is 40.4 Å². The van der Waals surface area contributed by atoms with E-state index in [1.165, 1.54) is 42.0 Å². The second kappa shape index (κ2) is 9.20. The Hall–Kier alpha value is -3.70. The first kappa shape index (κ1) is 21.5. The number of benzene rings is 2. The number of hydrogen-bond acceptors (Lipinski definition) is 5. The number of nitrogens with zero attached hydrogens (tertiary/aromatic N) is 2. The largest absolute Gasteiger partial charge is 0.345 e. The van der Waals surface area contributed by atoms with Gasteiger partial charge in [-0.05, 0) is 54.3 Å². The highest BCUT2D eigenvalue weighted by atomic mass is 32.2. The molecule has 5 nitrogen and oxygen atoms in total. The number of nitrogens with one attached hydrogen (secondary N) is 2. The summed E-state index contributed by atoms with van der Waals surface area (Å²) >= 11 is 1.17. The zero-order valence-electron chi connectivity index (χ0n) is 17.1. The molecule has 0 aliphatic rings. The second-order valence-electron chi connectivity index (χ2n) is 7.15. The molecule has 0 fully saturated rings. The van der Waals surface area contributed by atoms with Crippen molar-refractivity contribution < 1.29 is 13.6 Å². The molecular formula is C24H18F2N4OS. The van der Waals surface area contributed by atoms with Gasteiger partial charge in [-0.3, -0.25) is 4.79 Å². The molecule has 2 heterocycles.